The molecule has 0 spiro atoms. The van der Waals surface area contributed by atoms with Gasteiger partial charge in [-0.15, -0.1) is 0 Å². The van der Waals surface area contributed by atoms with Gasteiger partial charge in [-0.05, 0) is 24.3 Å². The van der Waals surface area contributed by atoms with Gasteiger partial charge in [0, 0.05) is 24.2 Å². The summed E-state index contributed by atoms with van der Waals surface area (Å²) in [7, 11) is 1.47. The standard InChI is InChI=1S/C19H19N3O7/c1-28-16-5-3-2-4-15(16)21-17(23)12-29-18(24)10-11-20-19(25)13-6-8-14(9-7-13)22(26)27/h2-9H,10-12H2,1H3,(H,20,25)(H,21,23). The molecule has 10 heteroatoms. The lowest BCUT2D eigenvalue weighted by Crippen LogP contribution is -2.27. The normalized spacial score (nSPS) is 9.97. The number of anilines is 1. The summed E-state index contributed by atoms with van der Waals surface area (Å²) in [5.74, 6) is -1.20. The van der Waals surface area contributed by atoms with Crippen LogP contribution in [0.4, 0.5) is 11.4 Å². The molecule has 0 aliphatic carbocycles. The minimum Gasteiger partial charge on any atom is -0.495 e. The minimum atomic E-state index is -0.663. The topological polar surface area (TPSA) is 137 Å². The molecule has 10 nitrogen and oxygen atoms in total. The van der Waals surface area contributed by atoms with Crippen LogP contribution in [0, 0.1) is 10.1 Å². The number of hydrogen-bond acceptors (Lipinski definition) is 7. The summed E-state index contributed by atoms with van der Waals surface area (Å²) < 4.78 is 9.97. The molecule has 2 aromatic rings. The summed E-state index contributed by atoms with van der Waals surface area (Å²) in [6, 6.07) is 11.8. The van der Waals surface area contributed by atoms with Crippen LogP contribution in [0.5, 0.6) is 5.75 Å². The fraction of sp³-hybridized carbons (Fsp3) is 0.211. The zero-order valence-electron chi connectivity index (χ0n) is 15.5. The number of para-hydroxylation sites is 2. The van der Waals surface area contributed by atoms with Crippen molar-refractivity contribution in [3.05, 3.63) is 64.2 Å². The maximum atomic E-state index is 11.9. The number of nitrogens with zero attached hydrogens (tertiary/aromatic N) is 1. The van der Waals surface area contributed by atoms with E-state index >= 15 is 0 Å². The maximum Gasteiger partial charge on any atom is 0.308 e. The predicted molar refractivity (Wildman–Crippen MR) is 103 cm³/mol. The van der Waals surface area contributed by atoms with Crippen molar-refractivity contribution in [2.75, 3.05) is 25.6 Å². The third-order valence-corrected chi connectivity index (χ3v) is 3.70. The van der Waals surface area contributed by atoms with Crippen molar-refractivity contribution < 1.29 is 28.8 Å². The van der Waals surface area contributed by atoms with Gasteiger partial charge in [-0.25, -0.2) is 0 Å². The monoisotopic (exact) mass is 401 g/mol. The van der Waals surface area contributed by atoms with E-state index in [-0.39, 0.29) is 24.2 Å². The van der Waals surface area contributed by atoms with E-state index in [1.807, 2.05) is 0 Å². The quantitative estimate of drug-likeness (QED) is 0.372. The first-order valence-electron chi connectivity index (χ1n) is 8.52. The number of rotatable bonds is 9. The summed E-state index contributed by atoms with van der Waals surface area (Å²) in [6.45, 7) is -0.490. The number of hydrogen-bond donors (Lipinski definition) is 2. The number of nitrogens with one attached hydrogen (secondary N) is 2. The van der Waals surface area contributed by atoms with Crippen molar-refractivity contribution in [3.8, 4) is 5.75 Å². The van der Waals surface area contributed by atoms with E-state index in [0.29, 0.717) is 11.4 Å². The fourth-order valence-corrected chi connectivity index (χ4v) is 2.27. The molecule has 0 fully saturated rings. The molecular weight excluding hydrogens is 382 g/mol. The SMILES string of the molecule is COc1ccccc1NC(=O)COC(=O)CCNC(=O)c1ccc([N+](=O)[O-])cc1. The molecule has 0 radical (unpaired) electrons. The van der Waals surface area contributed by atoms with Gasteiger partial charge in [0.1, 0.15) is 5.75 Å². The van der Waals surface area contributed by atoms with Crippen molar-refractivity contribution in [1.82, 2.24) is 5.32 Å². The lowest BCUT2D eigenvalue weighted by Gasteiger charge is -2.10. The van der Waals surface area contributed by atoms with E-state index in [2.05, 4.69) is 10.6 Å². The number of benzene rings is 2. The number of carbonyl (C=O) groups excluding carboxylic acids is 3. The third kappa shape index (κ3) is 6.61. The van der Waals surface area contributed by atoms with E-state index in [4.69, 9.17) is 9.47 Å². The fourth-order valence-electron chi connectivity index (χ4n) is 2.27. The van der Waals surface area contributed by atoms with Gasteiger partial charge in [-0.1, -0.05) is 12.1 Å². The number of ether oxygens (including phenoxy) is 2. The summed E-state index contributed by atoms with van der Waals surface area (Å²) in [5, 5.41) is 15.7. The van der Waals surface area contributed by atoms with Crippen LogP contribution in [-0.4, -0.2) is 43.0 Å². The molecule has 0 saturated carbocycles. The molecule has 2 N–H and O–H groups in total. The van der Waals surface area contributed by atoms with Crippen LogP contribution < -0.4 is 15.4 Å². The minimum absolute atomic E-state index is 0.0111. The zero-order valence-corrected chi connectivity index (χ0v) is 15.5. The lowest BCUT2D eigenvalue weighted by atomic mass is 10.2. The smallest absolute Gasteiger partial charge is 0.308 e. The number of esters is 1. The Morgan fingerprint density at radius 3 is 2.41 bits per heavy atom. The summed E-state index contributed by atoms with van der Waals surface area (Å²) in [6.07, 6.45) is -0.138. The van der Waals surface area contributed by atoms with Gasteiger partial charge in [0.15, 0.2) is 6.61 Å². The molecule has 0 aliphatic heterocycles. The van der Waals surface area contributed by atoms with E-state index < -0.39 is 29.3 Å². The predicted octanol–water partition coefficient (Wildman–Crippen LogP) is 1.91. The van der Waals surface area contributed by atoms with Crippen LogP contribution >= 0.6 is 0 Å². The first kappa shape index (κ1) is 21.4. The maximum absolute atomic E-state index is 11.9. The number of amides is 2. The Morgan fingerprint density at radius 1 is 1.07 bits per heavy atom. The number of carbonyl (C=O) groups is 3. The van der Waals surface area contributed by atoms with Crippen molar-refractivity contribution in [2.45, 2.75) is 6.42 Å². The zero-order chi connectivity index (χ0) is 21.2. The average Bonchev–Trinajstić information content (AvgIpc) is 2.72. The van der Waals surface area contributed by atoms with Gasteiger partial charge < -0.3 is 20.1 Å². The van der Waals surface area contributed by atoms with Crippen LogP contribution in [0.1, 0.15) is 16.8 Å². The second kappa shape index (κ2) is 10.4. The average molecular weight is 401 g/mol. The number of nitro benzene ring substituents is 1. The highest BCUT2D eigenvalue weighted by Gasteiger charge is 2.12. The van der Waals surface area contributed by atoms with E-state index in [9.17, 15) is 24.5 Å². The van der Waals surface area contributed by atoms with Crippen molar-refractivity contribution in [1.29, 1.82) is 0 Å². The number of methoxy groups -OCH3 is 1. The molecule has 2 amide bonds. The summed E-state index contributed by atoms with van der Waals surface area (Å²) in [5.41, 5.74) is 0.545. The van der Waals surface area contributed by atoms with Gasteiger partial charge in [0.05, 0.1) is 24.1 Å². The Labute approximate surface area is 166 Å². The van der Waals surface area contributed by atoms with Crippen molar-refractivity contribution in [3.63, 3.8) is 0 Å². The molecule has 0 unspecified atom stereocenters. The lowest BCUT2D eigenvalue weighted by molar-refractivity contribution is -0.384. The van der Waals surface area contributed by atoms with Gasteiger partial charge in [0.2, 0.25) is 0 Å². The van der Waals surface area contributed by atoms with Gasteiger partial charge in [-0.2, -0.15) is 0 Å². The first-order chi connectivity index (χ1) is 13.9. The highest BCUT2D eigenvalue weighted by atomic mass is 16.6. The molecule has 0 bridgehead atoms. The first-order valence-corrected chi connectivity index (χ1v) is 8.52. The second-order valence-electron chi connectivity index (χ2n) is 5.72. The third-order valence-electron chi connectivity index (χ3n) is 3.70. The molecule has 152 valence electrons. The van der Waals surface area contributed by atoms with Gasteiger partial charge >= 0.3 is 5.97 Å². The Balaban J connectivity index is 1.70. The number of non-ortho nitro benzene ring substituents is 1. The Kier molecular flexibility index (Phi) is 7.66. The highest BCUT2D eigenvalue weighted by Crippen LogP contribution is 2.22. The van der Waals surface area contributed by atoms with Crippen LogP contribution in [0.2, 0.25) is 0 Å². The molecule has 2 aromatic carbocycles. The van der Waals surface area contributed by atoms with Crippen LogP contribution in [-0.2, 0) is 14.3 Å². The Bertz CT molecular complexity index is 897. The second-order valence-corrected chi connectivity index (χ2v) is 5.72. The summed E-state index contributed by atoms with van der Waals surface area (Å²) in [4.78, 5) is 45.5. The van der Waals surface area contributed by atoms with Crippen molar-refractivity contribution >= 4 is 29.2 Å². The Morgan fingerprint density at radius 2 is 1.76 bits per heavy atom. The molecule has 0 aliphatic rings. The van der Waals surface area contributed by atoms with Gasteiger partial charge in [-0.3, -0.25) is 24.5 Å². The summed E-state index contributed by atoms with van der Waals surface area (Å²) >= 11 is 0. The van der Waals surface area contributed by atoms with E-state index in [1.54, 1.807) is 24.3 Å². The molecule has 0 heterocycles. The van der Waals surface area contributed by atoms with Crippen molar-refractivity contribution in [2.24, 2.45) is 0 Å². The number of nitro groups is 1. The highest BCUT2D eigenvalue weighted by molar-refractivity contribution is 5.95. The van der Waals surface area contributed by atoms with E-state index in [1.165, 1.54) is 31.4 Å². The van der Waals surface area contributed by atoms with Crippen LogP contribution in [0.25, 0.3) is 0 Å². The molecule has 0 aromatic heterocycles. The van der Waals surface area contributed by atoms with Crippen LogP contribution in [0.3, 0.4) is 0 Å². The molecular formula is C19H19N3O7. The van der Waals surface area contributed by atoms with Crippen LogP contribution in [0.15, 0.2) is 48.5 Å². The largest absolute Gasteiger partial charge is 0.495 e. The molecule has 0 saturated heterocycles. The molecule has 29 heavy (non-hydrogen) atoms. The van der Waals surface area contributed by atoms with Gasteiger partial charge in [0.25, 0.3) is 17.5 Å². The molecule has 0 atom stereocenters. The molecule has 2 rings (SSSR count). The van der Waals surface area contributed by atoms with E-state index in [0.717, 1.165) is 0 Å². The Hall–Kier alpha value is -3.95.